The Morgan fingerprint density at radius 2 is 2.00 bits per heavy atom. The highest BCUT2D eigenvalue weighted by Gasteiger charge is 2.17. The van der Waals surface area contributed by atoms with Gasteiger partial charge in [-0.1, -0.05) is 24.3 Å². The zero-order valence-corrected chi connectivity index (χ0v) is 15.4. The summed E-state index contributed by atoms with van der Waals surface area (Å²) in [6, 6.07) is 13.6. The fraction of sp³-hybridized carbons (Fsp3) is 0.150. The monoisotopic (exact) mass is 380 g/mol. The molecule has 4 aromatic rings. The van der Waals surface area contributed by atoms with E-state index in [1.165, 1.54) is 23.5 Å². The number of thiazole rings is 1. The summed E-state index contributed by atoms with van der Waals surface area (Å²) in [6.07, 6.45) is 0. The fourth-order valence-corrected chi connectivity index (χ4v) is 3.55. The average molecular weight is 380 g/mol. The second-order valence-corrected chi connectivity index (χ2v) is 6.94. The first-order valence-corrected chi connectivity index (χ1v) is 9.45. The fourth-order valence-electron chi connectivity index (χ4n) is 3.02. The van der Waals surface area contributed by atoms with Crippen LogP contribution in [0.4, 0.5) is 4.39 Å². The Labute approximate surface area is 159 Å². The maximum Gasteiger partial charge on any atom is 0.240 e. The van der Waals surface area contributed by atoms with E-state index in [2.05, 4.69) is 15.3 Å². The molecule has 1 atom stereocenters. The van der Waals surface area contributed by atoms with E-state index in [-0.39, 0.29) is 24.3 Å². The third-order valence-electron chi connectivity index (χ3n) is 4.37. The van der Waals surface area contributed by atoms with Gasteiger partial charge in [-0.15, -0.1) is 11.3 Å². The molecular weight excluding hydrogens is 363 g/mol. The minimum absolute atomic E-state index is 0.124. The van der Waals surface area contributed by atoms with Gasteiger partial charge < -0.3 is 9.88 Å². The van der Waals surface area contributed by atoms with Gasteiger partial charge in [0.1, 0.15) is 18.1 Å². The van der Waals surface area contributed by atoms with Crippen LogP contribution in [0.1, 0.15) is 18.5 Å². The second kappa shape index (κ2) is 7.28. The number of nitrogens with one attached hydrogen (secondary N) is 1. The van der Waals surface area contributed by atoms with Crippen LogP contribution in [0.25, 0.3) is 22.6 Å². The van der Waals surface area contributed by atoms with Crippen LogP contribution < -0.4 is 5.32 Å². The molecule has 27 heavy (non-hydrogen) atoms. The van der Waals surface area contributed by atoms with Gasteiger partial charge in [-0.3, -0.25) is 4.79 Å². The summed E-state index contributed by atoms with van der Waals surface area (Å²) in [5, 5.41) is 4.88. The first kappa shape index (κ1) is 17.4. The van der Waals surface area contributed by atoms with Crippen molar-refractivity contribution in [1.82, 2.24) is 19.9 Å². The second-order valence-electron chi connectivity index (χ2n) is 6.22. The maximum absolute atomic E-state index is 13.1. The molecule has 0 bridgehead atoms. The quantitative estimate of drug-likeness (QED) is 0.565. The largest absolute Gasteiger partial charge is 0.348 e. The number of para-hydroxylation sites is 2. The maximum atomic E-state index is 13.1. The van der Waals surface area contributed by atoms with E-state index in [1.807, 2.05) is 41.1 Å². The zero-order chi connectivity index (χ0) is 18.8. The number of carbonyl (C=O) groups is 1. The van der Waals surface area contributed by atoms with Gasteiger partial charge in [0.2, 0.25) is 5.91 Å². The predicted molar refractivity (Wildman–Crippen MR) is 104 cm³/mol. The molecule has 2 aromatic heterocycles. The summed E-state index contributed by atoms with van der Waals surface area (Å²) in [5.74, 6) is 0.226. The summed E-state index contributed by atoms with van der Waals surface area (Å²) in [7, 11) is 0. The van der Waals surface area contributed by atoms with Gasteiger partial charge in [0.05, 0.1) is 22.6 Å². The van der Waals surface area contributed by atoms with Crippen molar-refractivity contribution in [2.24, 2.45) is 0 Å². The van der Waals surface area contributed by atoms with E-state index in [9.17, 15) is 9.18 Å². The third-order valence-corrected chi connectivity index (χ3v) is 4.95. The number of halogens is 1. The smallest absolute Gasteiger partial charge is 0.240 e. The van der Waals surface area contributed by atoms with E-state index >= 15 is 0 Å². The molecule has 0 saturated heterocycles. The van der Waals surface area contributed by atoms with Crippen molar-refractivity contribution in [2.75, 3.05) is 0 Å². The van der Waals surface area contributed by atoms with Crippen LogP contribution in [0.15, 0.2) is 59.4 Å². The van der Waals surface area contributed by atoms with Crippen molar-refractivity contribution in [1.29, 1.82) is 0 Å². The minimum atomic E-state index is -0.296. The van der Waals surface area contributed by atoms with Crippen LogP contribution in [0, 0.1) is 5.82 Å². The first-order valence-electron chi connectivity index (χ1n) is 8.50. The molecule has 0 aliphatic carbocycles. The summed E-state index contributed by atoms with van der Waals surface area (Å²) in [5.41, 5.74) is 5.04. The molecule has 0 spiro atoms. The van der Waals surface area contributed by atoms with Crippen molar-refractivity contribution in [3.63, 3.8) is 0 Å². The third kappa shape index (κ3) is 3.59. The number of benzene rings is 2. The number of nitrogens with zero attached hydrogens (tertiary/aromatic N) is 3. The van der Waals surface area contributed by atoms with Crippen LogP contribution >= 0.6 is 11.3 Å². The molecule has 0 aliphatic heterocycles. The first-order chi connectivity index (χ1) is 13.1. The molecule has 1 N–H and O–H groups in total. The van der Waals surface area contributed by atoms with Gasteiger partial charge in [-0.25, -0.2) is 14.4 Å². The molecule has 1 unspecified atom stereocenters. The van der Waals surface area contributed by atoms with Gasteiger partial charge in [-0.05, 0) is 36.8 Å². The molecular formula is C20H17FN4OS. The Hall–Kier alpha value is -3.06. The van der Waals surface area contributed by atoms with E-state index < -0.39 is 0 Å². The number of hydrogen-bond donors (Lipinski definition) is 1. The predicted octanol–water partition coefficient (Wildman–Crippen LogP) is 4.18. The van der Waals surface area contributed by atoms with Crippen LogP contribution in [0.3, 0.4) is 0 Å². The van der Waals surface area contributed by atoms with Crippen LogP contribution in [-0.4, -0.2) is 20.4 Å². The van der Waals surface area contributed by atoms with Crippen molar-refractivity contribution in [3.05, 3.63) is 70.8 Å². The molecule has 1 amide bonds. The number of aromatic nitrogens is 3. The van der Waals surface area contributed by atoms with Gasteiger partial charge in [0.25, 0.3) is 0 Å². The molecule has 7 heteroatoms. The van der Waals surface area contributed by atoms with Crippen LogP contribution in [0.5, 0.6) is 0 Å². The van der Waals surface area contributed by atoms with Gasteiger partial charge in [0, 0.05) is 5.38 Å². The molecule has 136 valence electrons. The number of fused-ring (bicyclic) bond motifs is 1. The summed E-state index contributed by atoms with van der Waals surface area (Å²) < 4.78 is 15.0. The van der Waals surface area contributed by atoms with Crippen molar-refractivity contribution < 1.29 is 9.18 Å². The zero-order valence-electron chi connectivity index (χ0n) is 14.6. The van der Waals surface area contributed by atoms with Crippen molar-refractivity contribution >= 4 is 28.3 Å². The van der Waals surface area contributed by atoms with Crippen molar-refractivity contribution in [3.8, 4) is 11.5 Å². The highest BCUT2D eigenvalue weighted by atomic mass is 32.1. The molecule has 2 aromatic carbocycles. The normalized spacial score (nSPS) is 12.2. The number of carbonyl (C=O) groups excluding carboxylic acids is 1. The molecule has 0 aliphatic rings. The lowest BCUT2D eigenvalue weighted by Gasteiger charge is -2.15. The number of rotatable bonds is 5. The van der Waals surface area contributed by atoms with Gasteiger partial charge in [-0.2, -0.15) is 0 Å². The summed E-state index contributed by atoms with van der Waals surface area (Å²) in [6.45, 7) is 2.00. The van der Waals surface area contributed by atoms with E-state index in [0.717, 1.165) is 22.3 Å². The average Bonchev–Trinajstić information content (AvgIpc) is 3.30. The SMILES string of the molecule is CC(NC(=O)Cn1c(-c2cscn2)nc2ccccc21)c1ccc(F)cc1. The number of imidazole rings is 1. The Kier molecular flexibility index (Phi) is 4.68. The molecule has 0 saturated carbocycles. The topological polar surface area (TPSA) is 59.8 Å². The molecule has 2 heterocycles. The highest BCUT2D eigenvalue weighted by molar-refractivity contribution is 7.07. The Morgan fingerprint density at radius 3 is 2.74 bits per heavy atom. The lowest BCUT2D eigenvalue weighted by molar-refractivity contribution is -0.122. The van der Waals surface area contributed by atoms with Gasteiger partial charge in [0.15, 0.2) is 5.82 Å². The highest BCUT2D eigenvalue weighted by Crippen LogP contribution is 2.24. The Bertz CT molecular complexity index is 1070. The Morgan fingerprint density at radius 1 is 1.22 bits per heavy atom. The standard InChI is InChI=1S/C20H17FN4OS/c1-13(14-6-8-15(21)9-7-14)23-19(26)10-25-18-5-3-2-4-16(18)24-20(25)17-11-27-12-22-17/h2-9,11-13H,10H2,1H3,(H,23,26). The molecule has 4 rings (SSSR count). The number of hydrogen-bond acceptors (Lipinski definition) is 4. The van der Waals surface area contributed by atoms with Crippen LogP contribution in [0.2, 0.25) is 0 Å². The molecule has 0 fully saturated rings. The minimum Gasteiger partial charge on any atom is -0.348 e. The Balaban J connectivity index is 1.60. The van der Waals surface area contributed by atoms with E-state index in [1.54, 1.807) is 17.6 Å². The van der Waals surface area contributed by atoms with Crippen molar-refractivity contribution in [2.45, 2.75) is 19.5 Å². The van der Waals surface area contributed by atoms with Crippen LogP contribution in [-0.2, 0) is 11.3 Å². The molecule has 0 radical (unpaired) electrons. The summed E-state index contributed by atoms with van der Waals surface area (Å²) in [4.78, 5) is 21.7. The summed E-state index contributed by atoms with van der Waals surface area (Å²) >= 11 is 1.49. The number of amides is 1. The van der Waals surface area contributed by atoms with Gasteiger partial charge >= 0.3 is 0 Å². The lowest BCUT2D eigenvalue weighted by Crippen LogP contribution is -2.30. The lowest BCUT2D eigenvalue weighted by atomic mass is 10.1. The van der Waals surface area contributed by atoms with E-state index in [4.69, 9.17) is 0 Å². The molecule has 5 nitrogen and oxygen atoms in total. The van der Waals surface area contributed by atoms with E-state index in [0.29, 0.717) is 5.82 Å².